The molecule has 4 rings (SSSR count). The Hall–Kier alpha value is -4.06. The predicted octanol–water partition coefficient (Wildman–Crippen LogP) is 4.85. The summed E-state index contributed by atoms with van der Waals surface area (Å²) in [7, 11) is 1.60. The third-order valence-corrected chi connectivity index (χ3v) is 7.20. The van der Waals surface area contributed by atoms with E-state index in [1.165, 1.54) is 0 Å². The molecule has 0 aromatic heterocycles. The van der Waals surface area contributed by atoms with Gasteiger partial charge in [-0.1, -0.05) is 67.2 Å². The molecule has 0 unspecified atom stereocenters. The first-order valence-corrected chi connectivity index (χ1v) is 12.7. The molecule has 2 amide bonds. The smallest absolute Gasteiger partial charge is 0.257 e. The van der Waals surface area contributed by atoms with Crippen LogP contribution in [0.1, 0.15) is 39.9 Å². The van der Waals surface area contributed by atoms with E-state index in [-0.39, 0.29) is 11.8 Å². The zero-order valence-corrected chi connectivity index (χ0v) is 21.6. The fourth-order valence-electron chi connectivity index (χ4n) is 4.94. The van der Waals surface area contributed by atoms with E-state index < -0.39 is 5.41 Å². The maximum absolute atomic E-state index is 13.6. The lowest BCUT2D eigenvalue weighted by Crippen LogP contribution is -2.51. The van der Waals surface area contributed by atoms with Crippen LogP contribution in [0, 0.1) is 12.3 Å². The number of methoxy groups -OCH3 is 1. The van der Waals surface area contributed by atoms with E-state index in [4.69, 9.17) is 4.74 Å². The molecule has 0 aliphatic carbocycles. The minimum atomic E-state index is -0.524. The van der Waals surface area contributed by atoms with Crippen LogP contribution < -0.4 is 15.4 Å². The third-order valence-electron chi connectivity index (χ3n) is 7.20. The summed E-state index contributed by atoms with van der Waals surface area (Å²) in [4.78, 5) is 28.6. The van der Waals surface area contributed by atoms with Crippen LogP contribution in [-0.4, -0.2) is 36.9 Å². The molecule has 1 fully saturated rings. The molecule has 6 heteroatoms. The summed E-state index contributed by atoms with van der Waals surface area (Å²) < 4.78 is 5.24. The van der Waals surface area contributed by atoms with Gasteiger partial charge in [-0.15, -0.1) is 0 Å². The summed E-state index contributed by atoms with van der Waals surface area (Å²) >= 11 is 0. The summed E-state index contributed by atoms with van der Waals surface area (Å²) in [6.07, 6.45) is 2.00. The van der Waals surface area contributed by atoms with E-state index in [2.05, 4.69) is 34.2 Å². The molecule has 1 aliphatic rings. The lowest BCUT2D eigenvalue weighted by Gasteiger charge is -2.42. The van der Waals surface area contributed by atoms with Crippen molar-refractivity contribution in [2.75, 3.05) is 20.2 Å². The highest BCUT2D eigenvalue weighted by Gasteiger charge is 2.41. The number of carbonyl (C=O) groups excluding carboxylic acids is 2. The zero-order chi connectivity index (χ0) is 26.3. The number of aryl methyl sites for hydroxylation is 1. The fourth-order valence-corrected chi connectivity index (χ4v) is 4.94. The standard InChI is InChI=1S/C31H35N3O3/c1-23-20-27(37-3)14-15-28(23)29(35)33-24(2)34-18-16-31(17-19-34,21-25-10-6-4-7-11-25)30(36)32-22-26-12-8-5-9-13-26/h4-15,20H,2,16-19,21-22H2,1,3H3,(H,32,36)(H,33,35). The fraction of sp³-hybridized carbons (Fsp3) is 0.290. The van der Waals surface area contributed by atoms with Gasteiger partial charge in [-0.25, -0.2) is 0 Å². The van der Waals surface area contributed by atoms with Crippen molar-refractivity contribution in [3.05, 3.63) is 114 Å². The lowest BCUT2D eigenvalue weighted by atomic mass is 9.73. The van der Waals surface area contributed by atoms with Crippen LogP contribution in [-0.2, 0) is 17.8 Å². The normalized spacial score (nSPS) is 14.5. The summed E-state index contributed by atoms with van der Waals surface area (Å²) in [5, 5.41) is 6.13. The molecular formula is C31H35N3O3. The van der Waals surface area contributed by atoms with Gasteiger partial charge in [0.15, 0.2) is 0 Å². The Morgan fingerprint density at radius 2 is 1.57 bits per heavy atom. The Balaban J connectivity index is 1.42. The van der Waals surface area contributed by atoms with Gasteiger partial charge in [0.25, 0.3) is 5.91 Å². The minimum Gasteiger partial charge on any atom is -0.497 e. The second kappa shape index (κ2) is 11.8. The van der Waals surface area contributed by atoms with E-state index >= 15 is 0 Å². The Kier molecular flexibility index (Phi) is 8.29. The molecule has 1 saturated heterocycles. The van der Waals surface area contributed by atoms with Gasteiger partial charge in [0, 0.05) is 25.2 Å². The number of nitrogens with zero attached hydrogens (tertiary/aromatic N) is 1. The highest BCUT2D eigenvalue weighted by atomic mass is 16.5. The molecule has 37 heavy (non-hydrogen) atoms. The highest BCUT2D eigenvalue weighted by molar-refractivity contribution is 5.96. The average molecular weight is 498 g/mol. The Bertz CT molecular complexity index is 1230. The molecule has 0 radical (unpaired) electrons. The van der Waals surface area contributed by atoms with E-state index in [1.54, 1.807) is 19.2 Å². The van der Waals surface area contributed by atoms with Gasteiger partial charge in [0.05, 0.1) is 12.5 Å². The molecular weight excluding hydrogens is 462 g/mol. The molecule has 0 bridgehead atoms. The number of hydrogen-bond donors (Lipinski definition) is 2. The number of benzene rings is 3. The minimum absolute atomic E-state index is 0.0726. The number of likely N-dealkylation sites (tertiary alicyclic amines) is 1. The number of hydrogen-bond acceptors (Lipinski definition) is 4. The summed E-state index contributed by atoms with van der Waals surface area (Å²) in [6, 6.07) is 25.5. The van der Waals surface area contributed by atoms with Crippen molar-refractivity contribution in [1.29, 1.82) is 0 Å². The van der Waals surface area contributed by atoms with Gasteiger partial charge in [-0.2, -0.15) is 0 Å². The largest absolute Gasteiger partial charge is 0.497 e. The number of piperidine rings is 1. The SMILES string of the molecule is C=C(NC(=O)c1ccc(OC)cc1C)N1CCC(Cc2ccccc2)(C(=O)NCc2ccccc2)CC1. The second-order valence-electron chi connectivity index (χ2n) is 9.68. The maximum Gasteiger partial charge on any atom is 0.257 e. The van der Waals surface area contributed by atoms with Crippen LogP contribution in [0.4, 0.5) is 0 Å². The molecule has 6 nitrogen and oxygen atoms in total. The number of carbonyl (C=O) groups is 2. The van der Waals surface area contributed by atoms with Crippen molar-refractivity contribution in [2.24, 2.45) is 5.41 Å². The molecule has 0 saturated carbocycles. The van der Waals surface area contributed by atoms with E-state index in [9.17, 15) is 9.59 Å². The Morgan fingerprint density at radius 3 is 2.16 bits per heavy atom. The van der Waals surface area contributed by atoms with Crippen molar-refractivity contribution < 1.29 is 14.3 Å². The van der Waals surface area contributed by atoms with E-state index in [1.807, 2.05) is 61.5 Å². The van der Waals surface area contributed by atoms with Gasteiger partial charge < -0.3 is 20.3 Å². The molecule has 1 aliphatic heterocycles. The Labute approximate surface area is 219 Å². The maximum atomic E-state index is 13.6. The van der Waals surface area contributed by atoms with Crippen LogP contribution >= 0.6 is 0 Å². The van der Waals surface area contributed by atoms with Crippen molar-refractivity contribution >= 4 is 11.8 Å². The zero-order valence-electron chi connectivity index (χ0n) is 21.6. The predicted molar refractivity (Wildman–Crippen MR) is 146 cm³/mol. The molecule has 0 atom stereocenters. The van der Waals surface area contributed by atoms with E-state index in [0.717, 1.165) is 16.7 Å². The first-order valence-electron chi connectivity index (χ1n) is 12.7. The first-order chi connectivity index (χ1) is 17.9. The number of ether oxygens (including phenoxy) is 1. The molecule has 1 heterocycles. The summed E-state index contributed by atoms with van der Waals surface area (Å²) in [5.41, 5.74) is 3.11. The van der Waals surface area contributed by atoms with E-state index in [0.29, 0.717) is 56.0 Å². The molecule has 3 aromatic carbocycles. The second-order valence-corrected chi connectivity index (χ2v) is 9.68. The third kappa shape index (κ3) is 6.39. The highest BCUT2D eigenvalue weighted by Crippen LogP contribution is 2.36. The van der Waals surface area contributed by atoms with Crippen molar-refractivity contribution in [1.82, 2.24) is 15.5 Å². The Morgan fingerprint density at radius 1 is 0.946 bits per heavy atom. The van der Waals surface area contributed by atoms with Gasteiger partial charge in [-0.05, 0) is 61.1 Å². The topological polar surface area (TPSA) is 70.7 Å². The van der Waals surface area contributed by atoms with Crippen LogP contribution in [0.5, 0.6) is 5.75 Å². The summed E-state index contributed by atoms with van der Waals surface area (Å²) in [6.45, 7) is 7.78. The molecule has 192 valence electrons. The van der Waals surface area contributed by atoms with Crippen molar-refractivity contribution in [3.63, 3.8) is 0 Å². The van der Waals surface area contributed by atoms with Crippen LogP contribution in [0.3, 0.4) is 0 Å². The summed E-state index contributed by atoms with van der Waals surface area (Å²) in [5.74, 6) is 1.14. The molecule has 3 aromatic rings. The van der Waals surface area contributed by atoms with Crippen molar-refractivity contribution in [3.8, 4) is 5.75 Å². The van der Waals surface area contributed by atoms with Gasteiger partial charge in [-0.3, -0.25) is 9.59 Å². The monoisotopic (exact) mass is 497 g/mol. The average Bonchev–Trinajstić information content (AvgIpc) is 2.93. The number of amides is 2. The van der Waals surface area contributed by atoms with Crippen LogP contribution in [0.2, 0.25) is 0 Å². The van der Waals surface area contributed by atoms with Crippen LogP contribution in [0.25, 0.3) is 0 Å². The van der Waals surface area contributed by atoms with Gasteiger partial charge in [0.2, 0.25) is 5.91 Å². The van der Waals surface area contributed by atoms with Crippen LogP contribution in [0.15, 0.2) is 91.3 Å². The van der Waals surface area contributed by atoms with Gasteiger partial charge in [0.1, 0.15) is 11.6 Å². The molecule has 0 spiro atoms. The lowest BCUT2D eigenvalue weighted by molar-refractivity contribution is -0.133. The van der Waals surface area contributed by atoms with Gasteiger partial charge >= 0.3 is 0 Å². The first kappa shape index (κ1) is 26.0. The quantitative estimate of drug-likeness (QED) is 0.444. The number of rotatable bonds is 9. The number of nitrogens with one attached hydrogen (secondary N) is 2. The molecule has 2 N–H and O–H groups in total. The van der Waals surface area contributed by atoms with Crippen molar-refractivity contribution in [2.45, 2.75) is 32.7 Å².